The van der Waals surface area contributed by atoms with Gasteiger partial charge in [-0.15, -0.1) is 0 Å². The standard InChI is InChI=1S/C18H19N3O5/c1-12-3-5-13(6-4-12)10-20-17(22)11-26-18(23)14-7-8-15(19-2)16(9-14)21(24)25/h3-9,19H,10-11H2,1-2H3,(H,20,22). The van der Waals surface area contributed by atoms with E-state index in [9.17, 15) is 19.7 Å². The molecule has 0 aliphatic heterocycles. The minimum absolute atomic E-state index is 0.00188. The molecule has 0 radical (unpaired) electrons. The largest absolute Gasteiger partial charge is 0.452 e. The van der Waals surface area contributed by atoms with Crippen LogP contribution in [0.3, 0.4) is 0 Å². The summed E-state index contributed by atoms with van der Waals surface area (Å²) in [6, 6.07) is 11.6. The summed E-state index contributed by atoms with van der Waals surface area (Å²) >= 11 is 0. The van der Waals surface area contributed by atoms with Crippen LogP contribution in [0, 0.1) is 17.0 Å². The Hall–Kier alpha value is -3.42. The molecule has 2 aromatic carbocycles. The van der Waals surface area contributed by atoms with Crippen molar-refractivity contribution < 1.29 is 19.2 Å². The van der Waals surface area contributed by atoms with E-state index in [1.807, 2.05) is 31.2 Å². The third-order valence-electron chi connectivity index (χ3n) is 3.64. The molecule has 0 saturated carbocycles. The molecule has 1 amide bonds. The second kappa shape index (κ2) is 8.61. The molecule has 0 aliphatic carbocycles. The molecule has 26 heavy (non-hydrogen) atoms. The van der Waals surface area contributed by atoms with Crippen LogP contribution >= 0.6 is 0 Å². The van der Waals surface area contributed by atoms with Gasteiger partial charge < -0.3 is 15.4 Å². The van der Waals surface area contributed by atoms with Crippen LogP contribution in [-0.4, -0.2) is 30.5 Å². The fourth-order valence-electron chi connectivity index (χ4n) is 2.19. The molecule has 8 heteroatoms. The van der Waals surface area contributed by atoms with Gasteiger partial charge in [0.2, 0.25) is 0 Å². The van der Waals surface area contributed by atoms with Gasteiger partial charge in [0.05, 0.1) is 10.5 Å². The Labute approximate surface area is 150 Å². The summed E-state index contributed by atoms with van der Waals surface area (Å²) in [4.78, 5) is 34.2. The SMILES string of the molecule is CNc1ccc(C(=O)OCC(=O)NCc2ccc(C)cc2)cc1[N+](=O)[O-]. The molecule has 136 valence electrons. The quantitative estimate of drug-likeness (QED) is 0.447. The predicted octanol–water partition coefficient (Wildman–Crippen LogP) is 2.42. The van der Waals surface area contributed by atoms with Gasteiger partial charge in [-0.05, 0) is 24.6 Å². The molecule has 0 spiro atoms. The number of nitrogens with zero attached hydrogens (tertiary/aromatic N) is 1. The number of esters is 1. The first-order chi connectivity index (χ1) is 12.4. The third kappa shape index (κ3) is 5.04. The van der Waals surface area contributed by atoms with Crippen molar-refractivity contribution >= 4 is 23.3 Å². The van der Waals surface area contributed by atoms with E-state index < -0.39 is 23.4 Å². The maximum Gasteiger partial charge on any atom is 0.338 e. The highest BCUT2D eigenvalue weighted by atomic mass is 16.6. The lowest BCUT2D eigenvalue weighted by atomic mass is 10.1. The summed E-state index contributed by atoms with van der Waals surface area (Å²) in [5, 5.41) is 16.3. The smallest absolute Gasteiger partial charge is 0.338 e. The normalized spacial score (nSPS) is 10.1. The van der Waals surface area contributed by atoms with E-state index in [1.54, 1.807) is 7.05 Å². The molecule has 2 rings (SSSR count). The van der Waals surface area contributed by atoms with Crippen molar-refractivity contribution in [3.63, 3.8) is 0 Å². The highest BCUT2D eigenvalue weighted by Gasteiger charge is 2.18. The molecule has 0 unspecified atom stereocenters. The second-order valence-corrected chi connectivity index (χ2v) is 5.58. The van der Waals surface area contributed by atoms with Gasteiger partial charge in [-0.2, -0.15) is 0 Å². The van der Waals surface area contributed by atoms with E-state index in [0.29, 0.717) is 6.54 Å². The van der Waals surface area contributed by atoms with Crippen molar-refractivity contribution in [3.8, 4) is 0 Å². The number of nitro groups is 1. The molecular weight excluding hydrogens is 338 g/mol. The van der Waals surface area contributed by atoms with Crippen molar-refractivity contribution in [2.24, 2.45) is 0 Å². The fraction of sp³-hybridized carbons (Fsp3) is 0.222. The summed E-state index contributed by atoms with van der Waals surface area (Å²) in [5.74, 6) is -1.26. The average molecular weight is 357 g/mol. The molecule has 2 N–H and O–H groups in total. The van der Waals surface area contributed by atoms with E-state index in [2.05, 4.69) is 10.6 Å². The van der Waals surface area contributed by atoms with Gasteiger partial charge in [0.25, 0.3) is 11.6 Å². The number of hydrogen-bond acceptors (Lipinski definition) is 6. The van der Waals surface area contributed by atoms with Gasteiger partial charge >= 0.3 is 5.97 Å². The minimum atomic E-state index is -0.804. The first-order valence-electron chi connectivity index (χ1n) is 7.86. The van der Waals surface area contributed by atoms with Gasteiger partial charge in [-0.1, -0.05) is 29.8 Å². The third-order valence-corrected chi connectivity index (χ3v) is 3.64. The molecule has 0 saturated heterocycles. The van der Waals surface area contributed by atoms with Crippen LogP contribution in [0.15, 0.2) is 42.5 Å². The zero-order chi connectivity index (χ0) is 19.1. The van der Waals surface area contributed by atoms with Gasteiger partial charge in [0.15, 0.2) is 6.61 Å². The Balaban J connectivity index is 1.89. The molecule has 0 aliphatic rings. The zero-order valence-corrected chi connectivity index (χ0v) is 14.4. The van der Waals surface area contributed by atoms with Gasteiger partial charge in [-0.3, -0.25) is 14.9 Å². The van der Waals surface area contributed by atoms with E-state index in [1.165, 1.54) is 12.1 Å². The van der Waals surface area contributed by atoms with E-state index >= 15 is 0 Å². The number of amides is 1. The van der Waals surface area contributed by atoms with Crippen LogP contribution in [0.2, 0.25) is 0 Å². The Morgan fingerprint density at radius 1 is 1.15 bits per heavy atom. The molecule has 0 fully saturated rings. The number of aryl methyl sites for hydroxylation is 1. The summed E-state index contributed by atoms with van der Waals surface area (Å²) in [7, 11) is 1.54. The zero-order valence-electron chi connectivity index (χ0n) is 14.4. The number of benzene rings is 2. The Kier molecular flexibility index (Phi) is 6.26. The van der Waals surface area contributed by atoms with Crippen LogP contribution in [0.5, 0.6) is 0 Å². The van der Waals surface area contributed by atoms with E-state index in [4.69, 9.17) is 4.74 Å². The highest BCUT2D eigenvalue weighted by molar-refractivity contribution is 5.93. The van der Waals surface area contributed by atoms with Crippen molar-refractivity contribution in [1.82, 2.24) is 5.32 Å². The maximum absolute atomic E-state index is 12.0. The number of carbonyl (C=O) groups excluding carboxylic acids is 2. The van der Waals surface area contributed by atoms with Crippen LogP contribution in [-0.2, 0) is 16.1 Å². The fourth-order valence-corrected chi connectivity index (χ4v) is 2.19. The molecular formula is C18H19N3O5. The second-order valence-electron chi connectivity index (χ2n) is 5.58. The summed E-state index contributed by atoms with van der Waals surface area (Å²) in [6.07, 6.45) is 0. The topological polar surface area (TPSA) is 111 Å². The number of nitro benzene ring substituents is 1. The summed E-state index contributed by atoms with van der Waals surface area (Å²) < 4.78 is 4.91. The lowest BCUT2D eigenvalue weighted by molar-refractivity contribution is -0.384. The monoisotopic (exact) mass is 357 g/mol. The van der Waals surface area contributed by atoms with E-state index in [0.717, 1.165) is 17.2 Å². The average Bonchev–Trinajstić information content (AvgIpc) is 2.65. The van der Waals surface area contributed by atoms with Crippen LogP contribution < -0.4 is 10.6 Å². The van der Waals surface area contributed by atoms with Gasteiger partial charge in [0.1, 0.15) is 5.69 Å². The highest BCUT2D eigenvalue weighted by Crippen LogP contribution is 2.25. The number of rotatable bonds is 7. The van der Waals surface area contributed by atoms with E-state index in [-0.39, 0.29) is 16.9 Å². The number of hydrogen-bond donors (Lipinski definition) is 2. The van der Waals surface area contributed by atoms with Gasteiger partial charge in [0, 0.05) is 19.7 Å². The first kappa shape index (κ1) is 18.9. The van der Waals surface area contributed by atoms with Crippen molar-refractivity contribution in [2.75, 3.05) is 19.0 Å². The predicted molar refractivity (Wildman–Crippen MR) is 96.0 cm³/mol. The molecule has 2 aromatic rings. The van der Waals surface area contributed by atoms with Crippen molar-refractivity contribution in [3.05, 3.63) is 69.3 Å². The first-order valence-corrected chi connectivity index (χ1v) is 7.86. The summed E-state index contributed by atoms with van der Waals surface area (Å²) in [5.41, 5.74) is 2.08. The number of ether oxygens (including phenoxy) is 1. The maximum atomic E-state index is 12.0. The lowest BCUT2D eigenvalue weighted by Crippen LogP contribution is -2.28. The number of nitrogens with one attached hydrogen (secondary N) is 2. The number of anilines is 1. The molecule has 8 nitrogen and oxygen atoms in total. The van der Waals surface area contributed by atoms with Crippen molar-refractivity contribution in [1.29, 1.82) is 0 Å². The molecule has 0 heterocycles. The Bertz CT molecular complexity index is 818. The molecule has 0 bridgehead atoms. The van der Waals surface area contributed by atoms with Crippen molar-refractivity contribution in [2.45, 2.75) is 13.5 Å². The van der Waals surface area contributed by atoms with Crippen LogP contribution in [0.4, 0.5) is 11.4 Å². The minimum Gasteiger partial charge on any atom is -0.452 e. The Morgan fingerprint density at radius 3 is 2.46 bits per heavy atom. The lowest BCUT2D eigenvalue weighted by Gasteiger charge is -2.08. The van der Waals surface area contributed by atoms with Crippen LogP contribution in [0.25, 0.3) is 0 Å². The molecule has 0 atom stereocenters. The molecule has 0 aromatic heterocycles. The summed E-state index contributed by atoms with van der Waals surface area (Å²) in [6.45, 7) is 1.82. The van der Waals surface area contributed by atoms with Crippen LogP contribution in [0.1, 0.15) is 21.5 Å². The number of carbonyl (C=O) groups is 2. The van der Waals surface area contributed by atoms with Gasteiger partial charge in [-0.25, -0.2) is 4.79 Å². The Morgan fingerprint density at radius 2 is 1.85 bits per heavy atom.